The molecule has 0 spiro atoms. The molecule has 1 aliphatic rings. The van der Waals surface area contributed by atoms with Gasteiger partial charge in [0.15, 0.2) is 0 Å². The number of amides is 1. The average Bonchev–Trinajstić information content (AvgIpc) is 2.50. The van der Waals surface area contributed by atoms with Gasteiger partial charge >= 0.3 is 0 Å². The molecule has 110 valence electrons. The fraction of sp³-hybridized carbons (Fsp3) is 0.500. The maximum absolute atomic E-state index is 12.4. The van der Waals surface area contributed by atoms with E-state index in [9.17, 15) is 13.2 Å². The summed E-state index contributed by atoms with van der Waals surface area (Å²) in [5, 5.41) is 3.18. The minimum Gasteiger partial charge on any atom is -0.311 e. The number of nitrogens with zero attached hydrogens (tertiary/aromatic N) is 1. The maximum Gasteiger partial charge on any atom is 0.243 e. The maximum atomic E-state index is 12.4. The molecule has 1 aliphatic heterocycles. The van der Waals surface area contributed by atoms with Crippen LogP contribution in [0.1, 0.15) is 18.9 Å². The third-order valence-corrected chi connectivity index (χ3v) is 4.44. The molecule has 0 radical (unpaired) electrons. The summed E-state index contributed by atoms with van der Waals surface area (Å²) in [5.41, 5.74) is 1.94. The van der Waals surface area contributed by atoms with E-state index in [-0.39, 0.29) is 17.7 Å². The van der Waals surface area contributed by atoms with Crippen LogP contribution >= 0.6 is 0 Å². The second-order valence-corrected chi connectivity index (χ2v) is 7.46. The summed E-state index contributed by atoms with van der Waals surface area (Å²) in [6.07, 6.45) is 1.67. The van der Waals surface area contributed by atoms with Crippen LogP contribution in [0.25, 0.3) is 0 Å². The van der Waals surface area contributed by atoms with Gasteiger partial charge < -0.3 is 10.2 Å². The molecule has 0 saturated carbocycles. The lowest BCUT2D eigenvalue weighted by atomic mass is 10.1. The van der Waals surface area contributed by atoms with E-state index >= 15 is 0 Å². The van der Waals surface area contributed by atoms with E-state index in [0.717, 1.165) is 11.3 Å². The van der Waals surface area contributed by atoms with Crippen LogP contribution in [0.5, 0.6) is 0 Å². The summed E-state index contributed by atoms with van der Waals surface area (Å²) >= 11 is 0. The second kappa shape index (κ2) is 5.93. The summed E-state index contributed by atoms with van der Waals surface area (Å²) in [4.78, 5) is 14.1. The van der Waals surface area contributed by atoms with Gasteiger partial charge in [-0.15, -0.1) is 0 Å². The summed E-state index contributed by atoms with van der Waals surface area (Å²) < 4.78 is 22.4. The number of anilines is 1. The van der Waals surface area contributed by atoms with Crippen LogP contribution in [-0.4, -0.2) is 38.9 Å². The summed E-state index contributed by atoms with van der Waals surface area (Å²) in [7, 11) is -3.00. The molecule has 0 aromatic heterocycles. The van der Waals surface area contributed by atoms with Gasteiger partial charge in [-0.1, -0.05) is 18.2 Å². The van der Waals surface area contributed by atoms with Crippen LogP contribution in [-0.2, 0) is 21.2 Å². The zero-order valence-corrected chi connectivity index (χ0v) is 12.6. The highest BCUT2D eigenvalue weighted by Crippen LogP contribution is 2.24. The molecule has 1 unspecified atom stereocenters. The number of hydrogen-bond acceptors (Lipinski definition) is 4. The summed E-state index contributed by atoms with van der Waals surface area (Å²) in [5.74, 6) is 0.0873. The fourth-order valence-corrected chi connectivity index (χ4v) is 3.00. The normalized spacial score (nSPS) is 19.6. The van der Waals surface area contributed by atoms with E-state index in [1.54, 1.807) is 4.90 Å². The van der Waals surface area contributed by atoms with E-state index in [2.05, 4.69) is 5.32 Å². The Morgan fingerprint density at radius 1 is 1.35 bits per heavy atom. The molecule has 1 N–H and O–H groups in total. The van der Waals surface area contributed by atoms with Crippen molar-refractivity contribution in [1.29, 1.82) is 0 Å². The number of hydrogen-bond donors (Lipinski definition) is 1. The topological polar surface area (TPSA) is 66.5 Å². The van der Waals surface area contributed by atoms with Crippen LogP contribution in [0.4, 0.5) is 5.69 Å². The number of nitrogens with one attached hydrogen (secondary N) is 1. The largest absolute Gasteiger partial charge is 0.311 e. The van der Waals surface area contributed by atoms with Crippen LogP contribution < -0.4 is 10.2 Å². The van der Waals surface area contributed by atoms with Crippen molar-refractivity contribution in [3.05, 3.63) is 29.8 Å². The molecule has 20 heavy (non-hydrogen) atoms. The van der Waals surface area contributed by atoms with E-state index in [1.807, 2.05) is 31.2 Å². The Labute approximate surface area is 119 Å². The standard InChI is InChI=1S/C14H20N2O3S/c1-11-14(17)16(8-5-9-20(2,18)19)13-7-4-3-6-12(13)10-15-11/h3-4,6-7,11,15H,5,8-10H2,1-2H3. The number of fused-ring (bicyclic) bond motifs is 1. The van der Waals surface area contributed by atoms with Crippen molar-refractivity contribution in [2.75, 3.05) is 23.5 Å². The molecule has 1 aromatic rings. The zero-order valence-electron chi connectivity index (χ0n) is 11.8. The highest BCUT2D eigenvalue weighted by Gasteiger charge is 2.26. The molecule has 0 saturated heterocycles. The van der Waals surface area contributed by atoms with Gasteiger partial charge in [-0.25, -0.2) is 8.42 Å². The second-order valence-electron chi connectivity index (χ2n) is 5.20. The minimum atomic E-state index is -3.00. The molecule has 5 nitrogen and oxygen atoms in total. The van der Waals surface area contributed by atoms with Crippen molar-refractivity contribution < 1.29 is 13.2 Å². The molecule has 2 rings (SSSR count). The fourth-order valence-electron chi connectivity index (χ4n) is 2.34. The molecule has 0 bridgehead atoms. The summed E-state index contributed by atoms with van der Waals surface area (Å²) in [6.45, 7) is 2.90. The zero-order chi connectivity index (χ0) is 14.8. The summed E-state index contributed by atoms with van der Waals surface area (Å²) in [6, 6.07) is 7.46. The van der Waals surface area contributed by atoms with Gasteiger partial charge in [-0.2, -0.15) is 0 Å². The lowest BCUT2D eigenvalue weighted by molar-refractivity contribution is -0.120. The molecular weight excluding hydrogens is 276 g/mol. The van der Waals surface area contributed by atoms with E-state index in [4.69, 9.17) is 0 Å². The number of sulfone groups is 1. The molecule has 0 fully saturated rings. The molecule has 1 aromatic carbocycles. The van der Waals surface area contributed by atoms with Gasteiger partial charge in [0.2, 0.25) is 5.91 Å². The van der Waals surface area contributed by atoms with Crippen molar-refractivity contribution in [2.45, 2.75) is 25.9 Å². The first-order valence-corrected chi connectivity index (χ1v) is 8.75. The van der Waals surface area contributed by atoms with Gasteiger partial charge in [0, 0.05) is 25.0 Å². The van der Waals surface area contributed by atoms with Crippen molar-refractivity contribution >= 4 is 21.4 Å². The third kappa shape index (κ3) is 3.58. The van der Waals surface area contributed by atoms with E-state index < -0.39 is 9.84 Å². The Morgan fingerprint density at radius 3 is 2.75 bits per heavy atom. The number of rotatable bonds is 4. The number of carbonyl (C=O) groups excluding carboxylic acids is 1. The quantitative estimate of drug-likeness (QED) is 0.898. The predicted octanol–water partition coefficient (Wildman–Crippen LogP) is 0.946. The van der Waals surface area contributed by atoms with Crippen molar-refractivity contribution in [3.8, 4) is 0 Å². The van der Waals surface area contributed by atoms with Gasteiger partial charge in [0.1, 0.15) is 9.84 Å². The highest BCUT2D eigenvalue weighted by molar-refractivity contribution is 7.90. The first kappa shape index (κ1) is 15.0. The number of carbonyl (C=O) groups is 1. The van der Waals surface area contributed by atoms with Crippen LogP contribution in [0, 0.1) is 0 Å². The molecule has 1 amide bonds. The monoisotopic (exact) mass is 296 g/mol. The van der Waals surface area contributed by atoms with Gasteiger partial charge in [-0.3, -0.25) is 4.79 Å². The molecule has 6 heteroatoms. The smallest absolute Gasteiger partial charge is 0.243 e. The van der Waals surface area contributed by atoms with Crippen LogP contribution in [0.3, 0.4) is 0 Å². The van der Waals surface area contributed by atoms with Gasteiger partial charge in [-0.05, 0) is 25.0 Å². The van der Waals surface area contributed by atoms with E-state index in [1.165, 1.54) is 6.26 Å². The number of benzene rings is 1. The van der Waals surface area contributed by atoms with Crippen molar-refractivity contribution in [2.24, 2.45) is 0 Å². The Kier molecular flexibility index (Phi) is 4.45. The Hall–Kier alpha value is -1.40. The van der Waals surface area contributed by atoms with Crippen LogP contribution in [0.15, 0.2) is 24.3 Å². The predicted molar refractivity (Wildman–Crippen MR) is 79.4 cm³/mol. The first-order chi connectivity index (χ1) is 9.38. The molecule has 1 heterocycles. The van der Waals surface area contributed by atoms with E-state index in [0.29, 0.717) is 19.5 Å². The Morgan fingerprint density at radius 2 is 2.05 bits per heavy atom. The average molecular weight is 296 g/mol. The lowest BCUT2D eigenvalue weighted by Gasteiger charge is -2.24. The van der Waals surface area contributed by atoms with Gasteiger partial charge in [0.25, 0.3) is 0 Å². The Bertz CT molecular complexity index is 598. The van der Waals surface area contributed by atoms with Crippen molar-refractivity contribution in [3.63, 3.8) is 0 Å². The lowest BCUT2D eigenvalue weighted by Crippen LogP contribution is -2.43. The third-order valence-electron chi connectivity index (χ3n) is 3.41. The molecule has 0 aliphatic carbocycles. The molecule has 1 atom stereocenters. The van der Waals surface area contributed by atoms with Crippen LogP contribution in [0.2, 0.25) is 0 Å². The Balaban J connectivity index is 2.21. The molecular formula is C14H20N2O3S. The minimum absolute atomic E-state index is 0.0107. The van der Waals surface area contributed by atoms with Crippen molar-refractivity contribution in [1.82, 2.24) is 5.32 Å². The number of para-hydroxylation sites is 1. The highest BCUT2D eigenvalue weighted by atomic mass is 32.2. The SMILES string of the molecule is CC1NCc2ccccc2N(CCCS(C)(=O)=O)C1=O. The van der Waals surface area contributed by atoms with Gasteiger partial charge in [0.05, 0.1) is 11.8 Å². The first-order valence-electron chi connectivity index (χ1n) is 6.69.